The van der Waals surface area contributed by atoms with E-state index in [2.05, 4.69) is 78.1 Å². The molecule has 3 rings (SSSR count). The van der Waals surface area contributed by atoms with Crippen LogP contribution in [0.5, 0.6) is 0 Å². The molecule has 5 nitrogen and oxygen atoms in total. The van der Waals surface area contributed by atoms with Gasteiger partial charge in [-0.3, -0.25) is 19.6 Å². The number of amides is 1. The van der Waals surface area contributed by atoms with Crippen molar-refractivity contribution in [2.45, 2.75) is 46.2 Å². The van der Waals surface area contributed by atoms with E-state index in [0.717, 1.165) is 38.4 Å². The molecule has 1 unspecified atom stereocenters. The molecule has 1 aromatic carbocycles. The third kappa shape index (κ3) is 6.38. The first kappa shape index (κ1) is 22.4. The van der Waals surface area contributed by atoms with E-state index < -0.39 is 0 Å². The van der Waals surface area contributed by atoms with Crippen LogP contribution in [0.3, 0.4) is 0 Å². The van der Waals surface area contributed by atoms with Crippen molar-refractivity contribution in [1.29, 1.82) is 0 Å². The SMILES string of the molecule is CC(C)c1ccc(C(NC(=O)CN2CCN(Cc3ccccn3)CC2)C(C)C)cc1. The van der Waals surface area contributed by atoms with Crippen molar-refractivity contribution in [1.82, 2.24) is 20.1 Å². The van der Waals surface area contributed by atoms with E-state index in [0.29, 0.717) is 18.4 Å². The number of carbonyl (C=O) groups excluding carboxylic acids is 1. The summed E-state index contributed by atoms with van der Waals surface area (Å²) in [4.78, 5) is 21.8. The predicted molar refractivity (Wildman–Crippen MR) is 122 cm³/mol. The molecule has 0 saturated carbocycles. The number of hydrogen-bond donors (Lipinski definition) is 1. The van der Waals surface area contributed by atoms with Gasteiger partial charge in [0.15, 0.2) is 0 Å². The van der Waals surface area contributed by atoms with Crippen molar-refractivity contribution in [3.63, 3.8) is 0 Å². The minimum absolute atomic E-state index is 0.0455. The minimum atomic E-state index is 0.0455. The van der Waals surface area contributed by atoms with Gasteiger partial charge in [-0.1, -0.05) is 58.0 Å². The van der Waals surface area contributed by atoms with Crippen LogP contribution >= 0.6 is 0 Å². The molecule has 1 fully saturated rings. The molecule has 1 N–H and O–H groups in total. The number of piperazine rings is 1. The molecular formula is C25H36N4O. The normalized spacial score (nSPS) is 16.7. The minimum Gasteiger partial charge on any atom is -0.348 e. The third-order valence-corrected chi connectivity index (χ3v) is 5.89. The van der Waals surface area contributed by atoms with Crippen LogP contribution in [0.4, 0.5) is 0 Å². The van der Waals surface area contributed by atoms with Crippen molar-refractivity contribution in [3.05, 3.63) is 65.5 Å². The van der Waals surface area contributed by atoms with Crippen molar-refractivity contribution in [3.8, 4) is 0 Å². The molecular weight excluding hydrogens is 372 g/mol. The highest BCUT2D eigenvalue weighted by atomic mass is 16.2. The Labute approximate surface area is 181 Å². The molecule has 1 saturated heterocycles. The molecule has 1 aromatic heterocycles. The van der Waals surface area contributed by atoms with Crippen LogP contribution in [0, 0.1) is 5.92 Å². The zero-order valence-electron chi connectivity index (χ0n) is 18.8. The van der Waals surface area contributed by atoms with Crippen LogP contribution in [-0.2, 0) is 11.3 Å². The Bertz CT molecular complexity index is 781. The Hall–Kier alpha value is -2.24. The van der Waals surface area contributed by atoms with Gasteiger partial charge in [0.1, 0.15) is 0 Å². The quantitative estimate of drug-likeness (QED) is 0.721. The summed E-state index contributed by atoms with van der Waals surface area (Å²) in [6.45, 7) is 13.8. The fourth-order valence-corrected chi connectivity index (χ4v) is 3.97. The second-order valence-electron chi connectivity index (χ2n) is 8.98. The van der Waals surface area contributed by atoms with Gasteiger partial charge in [-0.25, -0.2) is 0 Å². The maximum absolute atomic E-state index is 12.8. The fraction of sp³-hybridized carbons (Fsp3) is 0.520. The van der Waals surface area contributed by atoms with Gasteiger partial charge in [0.25, 0.3) is 0 Å². The summed E-state index contributed by atoms with van der Waals surface area (Å²) in [5, 5.41) is 3.28. The molecule has 0 aliphatic carbocycles. The van der Waals surface area contributed by atoms with Crippen molar-refractivity contribution in [2.75, 3.05) is 32.7 Å². The number of nitrogens with one attached hydrogen (secondary N) is 1. The topological polar surface area (TPSA) is 48.5 Å². The number of aromatic nitrogens is 1. The van der Waals surface area contributed by atoms with E-state index in [-0.39, 0.29) is 11.9 Å². The highest BCUT2D eigenvalue weighted by molar-refractivity contribution is 5.78. The van der Waals surface area contributed by atoms with Crippen LogP contribution in [0.15, 0.2) is 48.7 Å². The van der Waals surface area contributed by atoms with Crippen LogP contribution in [0.25, 0.3) is 0 Å². The first-order valence-electron chi connectivity index (χ1n) is 11.2. The molecule has 0 radical (unpaired) electrons. The lowest BCUT2D eigenvalue weighted by Crippen LogP contribution is -2.49. The Morgan fingerprint density at radius 1 is 0.933 bits per heavy atom. The predicted octanol–water partition coefficient (Wildman–Crippen LogP) is 3.84. The molecule has 0 bridgehead atoms. The molecule has 1 aliphatic heterocycles. The lowest BCUT2D eigenvalue weighted by Gasteiger charge is -2.34. The number of carbonyl (C=O) groups is 1. The van der Waals surface area contributed by atoms with E-state index >= 15 is 0 Å². The summed E-state index contributed by atoms with van der Waals surface area (Å²) < 4.78 is 0. The van der Waals surface area contributed by atoms with E-state index in [1.165, 1.54) is 11.1 Å². The maximum atomic E-state index is 12.8. The zero-order valence-corrected chi connectivity index (χ0v) is 18.8. The molecule has 0 spiro atoms. The largest absolute Gasteiger partial charge is 0.348 e. The van der Waals surface area contributed by atoms with E-state index in [1.54, 1.807) is 0 Å². The highest BCUT2D eigenvalue weighted by Crippen LogP contribution is 2.24. The van der Waals surface area contributed by atoms with E-state index in [4.69, 9.17) is 0 Å². The molecule has 2 heterocycles. The molecule has 2 aromatic rings. The average molecular weight is 409 g/mol. The zero-order chi connectivity index (χ0) is 21.5. The van der Waals surface area contributed by atoms with Gasteiger partial charge in [-0.15, -0.1) is 0 Å². The average Bonchev–Trinajstić information content (AvgIpc) is 2.74. The van der Waals surface area contributed by atoms with Crippen LogP contribution in [0.1, 0.15) is 56.5 Å². The summed E-state index contributed by atoms with van der Waals surface area (Å²) in [5.41, 5.74) is 3.62. The number of benzene rings is 1. The standard InChI is InChI=1S/C25H36N4O/c1-19(2)21-8-10-22(11-9-21)25(20(3)4)27-24(30)18-29-15-13-28(14-16-29)17-23-7-5-6-12-26-23/h5-12,19-20,25H,13-18H2,1-4H3,(H,27,30). The molecule has 162 valence electrons. The first-order valence-corrected chi connectivity index (χ1v) is 11.2. The number of pyridine rings is 1. The smallest absolute Gasteiger partial charge is 0.234 e. The fourth-order valence-electron chi connectivity index (χ4n) is 3.97. The van der Waals surface area contributed by atoms with Gasteiger partial charge in [0.2, 0.25) is 5.91 Å². The Balaban J connectivity index is 1.49. The second-order valence-corrected chi connectivity index (χ2v) is 8.98. The van der Waals surface area contributed by atoms with E-state index in [9.17, 15) is 4.79 Å². The highest BCUT2D eigenvalue weighted by Gasteiger charge is 2.22. The van der Waals surface area contributed by atoms with E-state index in [1.807, 2.05) is 18.3 Å². The Morgan fingerprint density at radius 3 is 2.13 bits per heavy atom. The first-order chi connectivity index (χ1) is 14.4. The summed E-state index contributed by atoms with van der Waals surface area (Å²) in [7, 11) is 0. The number of nitrogens with zero attached hydrogens (tertiary/aromatic N) is 3. The molecule has 30 heavy (non-hydrogen) atoms. The second kappa shape index (κ2) is 10.7. The lowest BCUT2D eigenvalue weighted by molar-refractivity contribution is -0.123. The van der Waals surface area contributed by atoms with Gasteiger partial charge in [0.05, 0.1) is 18.3 Å². The molecule has 1 atom stereocenters. The van der Waals surface area contributed by atoms with Gasteiger partial charge in [0, 0.05) is 38.9 Å². The van der Waals surface area contributed by atoms with Crippen LogP contribution in [-0.4, -0.2) is 53.4 Å². The Kier molecular flexibility index (Phi) is 8.00. The van der Waals surface area contributed by atoms with Gasteiger partial charge >= 0.3 is 0 Å². The van der Waals surface area contributed by atoms with Crippen LogP contribution in [0.2, 0.25) is 0 Å². The summed E-state index contributed by atoms with van der Waals surface area (Å²) in [6, 6.07) is 14.8. The third-order valence-electron chi connectivity index (χ3n) is 5.89. The maximum Gasteiger partial charge on any atom is 0.234 e. The number of hydrogen-bond acceptors (Lipinski definition) is 4. The number of rotatable bonds is 8. The molecule has 5 heteroatoms. The van der Waals surface area contributed by atoms with Gasteiger partial charge in [-0.2, -0.15) is 0 Å². The summed E-state index contributed by atoms with van der Waals surface area (Å²) in [5.74, 6) is 0.969. The van der Waals surface area contributed by atoms with Gasteiger partial charge < -0.3 is 5.32 Å². The molecule has 1 aliphatic rings. The Morgan fingerprint density at radius 2 is 1.57 bits per heavy atom. The molecule has 1 amide bonds. The summed E-state index contributed by atoms with van der Waals surface area (Å²) >= 11 is 0. The van der Waals surface area contributed by atoms with Gasteiger partial charge in [-0.05, 0) is 35.1 Å². The van der Waals surface area contributed by atoms with Crippen molar-refractivity contribution >= 4 is 5.91 Å². The van der Waals surface area contributed by atoms with Crippen molar-refractivity contribution < 1.29 is 4.79 Å². The lowest BCUT2D eigenvalue weighted by atomic mass is 9.93. The van der Waals surface area contributed by atoms with Crippen LogP contribution < -0.4 is 5.32 Å². The summed E-state index contributed by atoms with van der Waals surface area (Å²) in [6.07, 6.45) is 1.84. The van der Waals surface area contributed by atoms with Crippen molar-refractivity contribution in [2.24, 2.45) is 5.92 Å². The monoisotopic (exact) mass is 408 g/mol.